The van der Waals surface area contributed by atoms with Crippen LogP contribution in [0.15, 0.2) is 11.1 Å². The Morgan fingerprint density at radius 3 is 3.03 bits per heavy atom. The van der Waals surface area contributed by atoms with Gasteiger partial charge in [-0.2, -0.15) is 4.98 Å². The highest BCUT2D eigenvalue weighted by atomic mass is 35.5. The number of amides is 1. The average Bonchev–Trinajstić information content (AvgIpc) is 3.35. The van der Waals surface area contributed by atoms with Crippen LogP contribution in [0.5, 0.6) is 0 Å². The number of H-pyrrole nitrogens is 1. The summed E-state index contributed by atoms with van der Waals surface area (Å²) in [6, 6.07) is 0. The van der Waals surface area contributed by atoms with Gasteiger partial charge in [-0.05, 0) is 25.7 Å². The molecule has 31 heavy (non-hydrogen) atoms. The number of fused-ring (bicyclic) bond motifs is 1. The van der Waals surface area contributed by atoms with E-state index in [1.165, 1.54) is 6.33 Å². The van der Waals surface area contributed by atoms with E-state index in [-0.39, 0.29) is 36.5 Å². The number of nitrogens with zero attached hydrogens (tertiary/aromatic N) is 3. The Morgan fingerprint density at radius 1 is 1.45 bits per heavy atom. The molecule has 3 heterocycles. The molecule has 3 atom stereocenters. The van der Waals surface area contributed by atoms with Crippen molar-refractivity contribution < 1.29 is 28.0 Å². The summed E-state index contributed by atoms with van der Waals surface area (Å²) in [7, 11) is -4.23. The minimum atomic E-state index is -4.23. The van der Waals surface area contributed by atoms with Crippen molar-refractivity contribution in [2.24, 2.45) is 0 Å². The predicted molar refractivity (Wildman–Crippen MR) is 110 cm³/mol. The van der Waals surface area contributed by atoms with Crippen LogP contribution in [-0.4, -0.2) is 62.1 Å². The van der Waals surface area contributed by atoms with Crippen molar-refractivity contribution in [3.8, 4) is 0 Å². The normalized spacial score (nSPS) is 20.7. The molecule has 0 radical (unpaired) electrons. The molecule has 1 aliphatic rings. The third-order valence-corrected chi connectivity index (χ3v) is 5.77. The van der Waals surface area contributed by atoms with Gasteiger partial charge < -0.3 is 20.7 Å². The van der Waals surface area contributed by atoms with Crippen LogP contribution in [0.1, 0.15) is 31.9 Å². The van der Waals surface area contributed by atoms with E-state index in [1.807, 2.05) is 0 Å². The summed E-state index contributed by atoms with van der Waals surface area (Å²) in [5.41, 5.74) is 5.59. The lowest BCUT2D eigenvalue weighted by atomic mass is 10.2. The van der Waals surface area contributed by atoms with E-state index in [4.69, 9.17) is 31.1 Å². The second kappa shape index (κ2) is 10.5. The maximum absolute atomic E-state index is 12.0. The minimum absolute atomic E-state index is 0.00133. The largest absolute Gasteiger partial charge is 0.472 e. The zero-order chi connectivity index (χ0) is 22.4. The number of aromatic amines is 1. The number of halogens is 1. The minimum Gasteiger partial charge on any atom is -0.369 e. The first-order valence-corrected chi connectivity index (χ1v) is 11.6. The molecule has 3 rings (SSSR count). The van der Waals surface area contributed by atoms with Gasteiger partial charge in [0.1, 0.15) is 12.1 Å². The molecule has 1 saturated heterocycles. The number of ether oxygens (including phenoxy) is 1. The topological polar surface area (TPSA) is 184 Å². The number of anilines is 1. The van der Waals surface area contributed by atoms with Crippen molar-refractivity contribution in [3.63, 3.8) is 0 Å². The van der Waals surface area contributed by atoms with Crippen LogP contribution in [0.4, 0.5) is 5.95 Å². The fourth-order valence-electron chi connectivity index (χ4n) is 3.06. The average molecular weight is 479 g/mol. The SMILES string of the molecule is Nc1nc2c(ncn2[C@H]2CC[C@@H](COP(=O)(O)OCCCCNC(=O)CCl)O2)c(=O)[nH]1. The fraction of sp³-hybridized carbons (Fsp3) is 0.625. The van der Waals surface area contributed by atoms with Gasteiger partial charge in [0.25, 0.3) is 5.56 Å². The Balaban J connectivity index is 1.43. The summed E-state index contributed by atoms with van der Waals surface area (Å²) in [4.78, 5) is 43.2. The van der Waals surface area contributed by atoms with Crippen LogP contribution in [0.3, 0.4) is 0 Å². The molecule has 15 heteroatoms. The van der Waals surface area contributed by atoms with E-state index in [2.05, 4.69) is 20.3 Å². The summed E-state index contributed by atoms with van der Waals surface area (Å²) in [6.45, 7) is 0.262. The molecular weight excluding hydrogens is 455 g/mol. The lowest BCUT2D eigenvalue weighted by Gasteiger charge is -2.17. The van der Waals surface area contributed by atoms with Gasteiger partial charge in [0.05, 0.1) is 25.6 Å². The van der Waals surface area contributed by atoms with Crippen molar-refractivity contribution in [2.75, 3.05) is 31.4 Å². The van der Waals surface area contributed by atoms with Gasteiger partial charge in [0.15, 0.2) is 11.2 Å². The number of alkyl halides is 1. The highest BCUT2D eigenvalue weighted by molar-refractivity contribution is 7.47. The molecule has 5 N–H and O–H groups in total. The number of nitrogens with one attached hydrogen (secondary N) is 2. The van der Waals surface area contributed by atoms with Crippen LogP contribution in [0.2, 0.25) is 0 Å². The maximum atomic E-state index is 12.0. The zero-order valence-electron chi connectivity index (χ0n) is 16.5. The number of phosphoric acid groups is 1. The van der Waals surface area contributed by atoms with Crippen LogP contribution in [0, 0.1) is 0 Å². The lowest BCUT2D eigenvalue weighted by molar-refractivity contribution is -0.118. The van der Waals surface area contributed by atoms with Gasteiger partial charge in [0.2, 0.25) is 11.9 Å². The Hall–Kier alpha value is -2.02. The number of phosphoric ester groups is 1. The van der Waals surface area contributed by atoms with Crippen LogP contribution in [-0.2, 0) is 23.1 Å². The van der Waals surface area contributed by atoms with Crippen molar-refractivity contribution in [1.82, 2.24) is 24.8 Å². The third-order valence-electron chi connectivity index (χ3n) is 4.54. The second-order valence-electron chi connectivity index (χ2n) is 6.85. The zero-order valence-corrected chi connectivity index (χ0v) is 18.2. The van der Waals surface area contributed by atoms with Crippen molar-refractivity contribution >= 4 is 42.4 Å². The first-order valence-electron chi connectivity index (χ1n) is 9.61. The number of nitrogens with two attached hydrogens (primary N) is 1. The number of imidazole rings is 1. The molecule has 1 amide bonds. The van der Waals surface area contributed by atoms with Gasteiger partial charge in [-0.15, -0.1) is 11.6 Å². The molecule has 0 bridgehead atoms. The van der Waals surface area contributed by atoms with Gasteiger partial charge in [-0.3, -0.25) is 28.2 Å². The molecule has 1 fully saturated rings. The van der Waals surface area contributed by atoms with Gasteiger partial charge in [0, 0.05) is 6.54 Å². The van der Waals surface area contributed by atoms with Crippen LogP contribution >= 0.6 is 19.4 Å². The monoisotopic (exact) mass is 478 g/mol. The first kappa shape index (κ1) is 23.6. The molecule has 13 nitrogen and oxygen atoms in total. The summed E-state index contributed by atoms with van der Waals surface area (Å²) in [5.74, 6) is -0.416. The fourth-order valence-corrected chi connectivity index (χ4v) is 3.95. The molecule has 1 unspecified atom stereocenters. The third kappa shape index (κ3) is 6.48. The maximum Gasteiger partial charge on any atom is 0.472 e. The molecule has 0 aromatic carbocycles. The Morgan fingerprint density at radius 2 is 2.26 bits per heavy atom. The number of rotatable bonds is 11. The van der Waals surface area contributed by atoms with Crippen molar-refractivity contribution in [3.05, 3.63) is 16.7 Å². The number of carbonyl (C=O) groups is 1. The van der Waals surface area contributed by atoms with Gasteiger partial charge >= 0.3 is 7.82 Å². The predicted octanol–water partition coefficient (Wildman–Crippen LogP) is 0.648. The van der Waals surface area contributed by atoms with E-state index in [1.54, 1.807) is 4.57 Å². The highest BCUT2D eigenvalue weighted by Gasteiger charge is 2.31. The molecule has 0 spiro atoms. The summed E-state index contributed by atoms with van der Waals surface area (Å²) in [6.07, 6.45) is 2.68. The highest BCUT2D eigenvalue weighted by Crippen LogP contribution is 2.44. The van der Waals surface area contributed by atoms with E-state index >= 15 is 0 Å². The molecule has 2 aromatic rings. The molecule has 172 valence electrons. The van der Waals surface area contributed by atoms with Gasteiger partial charge in [-0.25, -0.2) is 9.55 Å². The van der Waals surface area contributed by atoms with E-state index in [0.29, 0.717) is 37.9 Å². The molecule has 0 saturated carbocycles. The number of carbonyl (C=O) groups excluding carboxylic acids is 1. The molecular formula is C16H24ClN6O7P. The second-order valence-corrected chi connectivity index (χ2v) is 8.57. The quantitative estimate of drug-likeness (QED) is 0.203. The van der Waals surface area contributed by atoms with E-state index in [9.17, 15) is 19.0 Å². The Bertz CT molecular complexity index is 1010. The molecule has 1 aliphatic heterocycles. The lowest BCUT2D eigenvalue weighted by Crippen LogP contribution is -2.25. The smallest absolute Gasteiger partial charge is 0.369 e. The number of nitrogen functional groups attached to an aromatic ring is 1. The van der Waals surface area contributed by atoms with Gasteiger partial charge in [-0.1, -0.05) is 0 Å². The van der Waals surface area contributed by atoms with Crippen molar-refractivity contribution in [2.45, 2.75) is 38.0 Å². The first-order chi connectivity index (χ1) is 14.8. The molecule has 0 aliphatic carbocycles. The van der Waals surface area contributed by atoms with E-state index in [0.717, 1.165) is 0 Å². The van der Waals surface area contributed by atoms with Crippen molar-refractivity contribution in [1.29, 1.82) is 0 Å². The Labute approximate surface area is 181 Å². The summed E-state index contributed by atoms with van der Waals surface area (Å²) < 4.78 is 29.4. The number of hydrogen-bond acceptors (Lipinski definition) is 9. The van der Waals surface area contributed by atoms with Crippen LogP contribution in [0.25, 0.3) is 11.2 Å². The molecule has 2 aromatic heterocycles. The number of unbranched alkanes of at least 4 members (excludes halogenated alkanes) is 1. The Kier molecular flexibility index (Phi) is 8.03. The summed E-state index contributed by atoms with van der Waals surface area (Å²) in [5, 5.41) is 2.58. The summed E-state index contributed by atoms with van der Waals surface area (Å²) >= 11 is 5.36. The van der Waals surface area contributed by atoms with E-state index < -0.39 is 25.7 Å². The van der Waals surface area contributed by atoms with Crippen LogP contribution < -0.4 is 16.6 Å². The standard InChI is InChI=1S/C16H24ClN6O7P/c17-7-11(24)19-5-1-2-6-28-31(26,27)29-8-10-3-4-12(30-10)23-9-20-13-14(23)21-16(18)22-15(13)25/h9-10,12H,1-8H2,(H,19,24)(H,26,27)(H3,18,21,22,25)/t10-,12+/m0/s1. The number of aromatic nitrogens is 4. The number of hydrogen-bond donors (Lipinski definition) is 4.